The molecule has 6 nitrogen and oxygen atoms in total. The van der Waals surface area contributed by atoms with Crippen LogP contribution < -0.4 is 0 Å². The lowest BCUT2D eigenvalue weighted by molar-refractivity contribution is -0.148. The van der Waals surface area contributed by atoms with Gasteiger partial charge < -0.3 is 14.5 Å². The van der Waals surface area contributed by atoms with E-state index in [9.17, 15) is 18.4 Å². The van der Waals surface area contributed by atoms with Crippen LogP contribution in [0.15, 0.2) is 42.5 Å². The van der Waals surface area contributed by atoms with Crippen molar-refractivity contribution in [2.45, 2.75) is 57.7 Å². The zero-order valence-electron chi connectivity index (χ0n) is 21.7. The molecule has 1 unspecified atom stereocenters. The SMILES string of the molecule is C[C@H](c1cc(F)cc(F)c1)N(C)C(=O)C1(N2CCN(C(=O)OC(C)(C)C)CC2)CCc2ccccc21. The van der Waals surface area contributed by atoms with Gasteiger partial charge in [-0.3, -0.25) is 9.69 Å². The summed E-state index contributed by atoms with van der Waals surface area (Å²) < 4.78 is 33.4. The van der Waals surface area contributed by atoms with E-state index in [1.807, 2.05) is 45.0 Å². The van der Waals surface area contributed by atoms with Crippen LogP contribution >= 0.6 is 0 Å². The first-order valence-electron chi connectivity index (χ1n) is 12.5. The molecule has 0 N–H and O–H groups in total. The van der Waals surface area contributed by atoms with Crippen LogP contribution in [0.4, 0.5) is 13.6 Å². The molecule has 0 radical (unpaired) electrons. The molecule has 36 heavy (non-hydrogen) atoms. The normalized spacial score (nSPS) is 21.1. The van der Waals surface area contributed by atoms with Gasteiger partial charge in [0.1, 0.15) is 22.8 Å². The minimum atomic E-state index is -0.911. The van der Waals surface area contributed by atoms with Crippen LogP contribution in [0.3, 0.4) is 0 Å². The van der Waals surface area contributed by atoms with Crippen molar-refractivity contribution in [3.05, 3.63) is 70.8 Å². The Morgan fingerprint density at radius 1 is 1.03 bits per heavy atom. The second-order valence-electron chi connectivity index (χ2n) is 10.8. The van der Waals surface area contributed by atoms with Gasteiger partial charge in [-0.1, -0.05) is 24.3 Å². The lowest BCUT2D eigenvalue weighted by Crippen LogP contribution is -2.61. The van der Waals surface area contributed by atoms with Crippen LogP contribution in [-0.2, 0) is 21.5 Å². The molecule has 2 aromatic carbocycles. The quantitative estimate of drug-likeness (QED) is 0.602. The predicted octanol–water partition coefficient (Wildman–Crippen LogP) is 4.88. The number of hydrogen-bond donors (Lipinski definition) is 0. The Morgan fingerprint density at radius 3 is 2.25 bits per heavy atom. The smallest absolute Gasteiger partial charge is 0.410 e. The molecule has 2 aliphatic rings. The number of carbonyl (C=O) groups excluding carboxylic acids is 2. The fraction of sp³-hybridized carbons (Fsp3) is 0.500. The van der Waals surface area contributed by atoms with Gasteiger partial charge in [-0.05, 0) is 69.4 Å². The molecule has 0 bridgehead atoms. The van der Waals surface area contributed by atoms with E-state index in [1.165, 1.54) is 12.1 Å². The summed E-state index contributed by atoms with van der Waals surface area (Å²) in [6.07, 6.45) is 1.00. The maximum absolute atomic E-state index is 14.3. The minimum Gasteiger partial charge on any atom is -0.444 e. The first kappa shape index (κ1) is 26.1. The lowest BCUT2D eigenvalue weighted by Gasteiger charge is -2.47. The largest absolute Gasteiger partial charge is 0.444 e. The Bertz CT molecular complexity index is 1120. The monoisotopic (exact) mass is 499 g/mol. The molecule has 0 spiro atoms. The highest BCUT2D eigenvalue weighted by atomic mass is 19.1. The van der Waals surface area contributed by atoms with Crippen molar-refractivity contribution in [1.29, 1.82) is 0 Å². The summed E-state index contributed by atoms with van der Waals surface area (Å²) in [5.41, 5.74) is 0.999. The van der Waals surface area contributed by atoms with Gasteiger partial charge in [-0.25, -0.2) is 13.6 Å². The van der Waals surface area contributed by atoms with Crippen molar-refractivity contribution in [2.24, 2.45) is 0 Å². The second kappa shape index (κ2) is 9.81. The second-order valence-corrected chi connectivity index (χ2v) is 10.8. The highest BCUT2D eigenvalue weighted by molar-refractivity contribution is 5.89. The Kier molecular flexibility index (Phi) is 7.10. The molecular formula is C28H35F2N3O3. The highest BCUT2D eigenvalue weighted by Gasteiger charge is 2.52. The van der Waals surface area contributed by atoms with Crippen molar-refractivity contribution in [1.82, 2.24) is 14.7 Å². The Hall–Kier alpha value is -3.00. The van der Waals surface area contributed by atoms with Gasteiger partial charge in [0.05, 0.1) is 6.04 Å². The summed E-state index contributed by atoms with van der Waals surface area (Å²) in [7, 11) is 1.69. The summed E-state index contributed by atoms with van der Waals surface area (Å²) in [5.74, 6) is -1.45. The fourth-order valence-electron chi connectivity index (χ4n) is 5.38. The summed E-state index contributed by atoms with van der Waals surface area (Å²) in [6, 6.07) is 10.8. The average molecular weight is 500 g/mol. The first-order valence-corrected chi connectivity index (χ1v) is 12.5. The summed E-state index contributed by atoms with van der Waals surface area (Å²) in [6.45, 7) is 9.21. The van der Waals surface area contributed by atoms with Crippen molar-refractivity contribution in [3.63, 3.8) is 0 Å². The topological polar surface area (TPSA) is 53.1 Å². The molecule has 1 aliphatic heterocycles. The number of hydrogen-bond acceptors (Lipinski definition) is 4. The van der Waals surface area contributed by atoms with E-state index in [4.69, 9.17) is 4.74 Å². The van der Waals surface area contributed by atoms with E-state index in [1.54, 1.807) is 23.8 Å². The van der Waals surface area contributed by atoms with Crippen LogP contribution in [0.25, 0.3) is 0 Å². The Balaban J connectivity index is 1.62. The third kappa shape index (κ3) is 4.96. The van der Waals surface area contributed by atoms with Gasteiger partial charge in [-0.15, -0.1) is 0 Å². The highest BCUT2D eigenvalue weighted by Crippen LogP contribution is 2.44. The maximum Gasteiger partial charge on any atom is 0.410 e. The van der Waals surface area contributed by atoms with Crippen molar-refractivity contribution < 1.29 is 23.1 Å². The van der Waals surface area contributed by atoms with Gasteiger partial charge in [0.25, 0.3) is 0 Å². The lowest BCUT2D eigenvalue weighted by atomic mass is 9.86. The molecular weight excluding hydrogens is 464 g/mol. The molecule has 1 fully saturated rings. The minimum absolute atomic E-state index is 0.115. The van der Waals surface area contributed by atoms with Crippen molar-refractivity contribution >= 4 is 12.0 Å². The van der Waals surface area contributed by atoms with Crippen LogP contribution in [-0.4, -0.2) is 65.5 Å². The molecule has 1 aliphatic carbocycles. The van der Waals surface area contributed by atoms with Crippen molar-refractivity contribution in [3.8, 4) is 0 Å². The maximum atomic E-state index is 14.3. The molecule has 2 atom stereocenters. The number of aryl methyl sites for hydroxylation is 1. The number of nitrogens with zero attached hydrogens (tertiary/aromatic N) is 3. The Morgan fingerprint density at radius 2 is 1.64 bits per heavy atom. The van der Waals surface area contributed by atoms with Gasteiger partial charge in [-0.2, -0.15) is 0 Å². The number of benzene rings is 2. The summed E-state index contributed by atoms with van der Waals surface area (Å²) in [5, 5.41) is 0. The molecule has 1 saturated heterocycles. The van der Waals surface area contributed by atoms with Crippen LogP contribution in [0.5, 0.6) is 0 Å². The molecule has 0 aromatic heterocycles. The number of piperazine rings is 1. The molecule has 4 rings (SSSR count). The molecule has 1 heterocycles. The third-order valence-corrected chi connectivity index (χ3v) is 7.31. The van der Waals surface area contributed by atoms with Crippen LogP contribution in [0.2, 0.25) is 0 Å². The van der Waals surface area contributed by atoms with Gasteiger partial charge in [0.15, 0.2) is 0 Å². The zero-order valence-corrected chi connectivity index (χ0v) is 21.7. The first-order chi connectivity index (χ1) is 16.9. The van der Waals surface area contributed by atoms with E-state index >= 15 is 0 Å². The molecule has 2 amide bonds. The standard InChI is InChI=1S/C28H35F2N3O3/c1-19(21-16-22(29)18-23(30)17-21)31(5)25(34)28(11-10-20-8-6-7-9-24(20)28)33-14-12-32(13-15-33)26(35)36-27(2,3)4/h6-9,16-19H,10-15H2,1-5H3/t19-,28?/m1/s1. The van der Waals surface area contributed by atoms with Crippen LogP contribution in [0.1, 0.15) is 56.8 Å². The number of rotatable bonds is 4. The number of likely N-dealkylation sites (N-methyl/N-ethyl adjacent to an activating group) is 1. The van der Waals surface area contributed by atoms with Gasteiger partial charge in [0.2, 0.25) is 5.91 Å². The fourth-order valence-corrected chi connectivity index (χ4v) is 5.38. The van der Waals surface area contributed by atoms with E-state index in [-0.39, 0.29) is 12.0 Å². The predicted molar refractivity (Wildman–Crippen MR) is 133 cm³/mol. The molecule has 194 valence electrons. The summed E-state index contributed by atoms with van der Waals surface area (Å²) >= 11 is 0. The van der Waals surface area contributed by atoms with E-state index < -0.39 is 28.8 Å². The Labute approximate surface area is 211 Å². The zero-order chi connectivity index (χ0) is 26.3. The van der Waals surface area contributed by atoms with Gasteiger partial charge >= 0.3 is 6.09 Å². The summed E-state index contributed by atoms with van der Waals surface area (Å²) in [4.78, 5) is 32.4. The van der Waals surface area contributed by atoms with Gasteiger partial charge in [0, 0.05) is 39.3 Å². The third-order valence-electron chi connectivity index (χ3n) is 7.31. The number of amides is 2. The molecule has 0 saturated carbocycles. The van der Waals surface area contributed by atoms with Crippen molar-refractivity contribution in [2.75, 3.05) is 33.2 Å². The van der Waals surface area contributed by atoms with E-state index in [0.717, 1.165) is 23.6 Å². The number of ether oxygens (including phenoxy) is 1. The number of carbonyl (C=O) groups is 2. The molecule has 8 heteroatoms. The number of fused-ring (bicyclic) bond motifs is 1. The average Bonchev–Trinajstić information content (AvgIpc) is 3.21. The molecule has 2 aromatic rings. The van der Waals surface area contributed by atoms with E-state index in [2.05, 4.69) is 4.90 Å². The van der Waals surface area contributed by atoms with E-state index in [0.29, 0.717) is 38.2 Å². The van der Waals surface area contributed by atoms with Crippen LogP contribution in [0, 0.1) is 11.6 Å². The number of halogens is 2.